The van der Waals surface area contributed by atoms with Crippen LogP contribution in [0.5, 0.6) is 0 Å². The summed E-state index contributed by atoms with van der Waals surface area (Å²) in [6.45, 7) is 5.49. The Morgan fingerprint density at radius 1 is 1.30 bits per heavy atom. The average Bonchev–Trinajstić information content (AvgIpc) is 2.98. The Kier molecular flexibility index (Phi) is 3.84. The van der Waals surface area contributed by atoms with Crippen molar-refractivity contribution in [1.82, 2.24) is 10.2 Å². The monoisotopic (exact) mass is 294 g/mol. The minimum absolute atomic E-state index is 0.0613. The third-order valence-corrected chi connectivity index (χ3v) is 6.05. The van der Waals surface area contributed by atoms with E-state index in [-0.39, 0.29) is 11.8 Å². The van der Waals surface area contributed by atoms with Gasteiger partial charge in [0.2, 0.25) is 0 Å². The normalized spacial score (nSPS) is 26.6. The molecule has 0 bridgehead atoms. The maximum Gasteiger partial charge on any atom is 0.180 e. The minimum Gasteiger partial charge on any atom is -0.305 e. The van der Waals surface area contributed by atoms with Crippen molar-refractivity contribution >= 4 is 9.84 Å². The molecule has 2 aliphatic rings. The van der Waals surface area contributed by atoms with Crippen molar-refractivity contribution in [3.8, 4) is 0 Å². The first-order chi connectivity index (χ1) is 9.56. The lowest BCUT2D eigenvalue weighted by Gasteiger charge is -2.24. The molecule has 0 radical (unpaired) electrons. The number of fused-ring (bicyclic) bond motifs is 1. The molecule has 0 aromatic heterocycles. The lowest BCUT2D eigenvalue weighted by atomic mass is 10.1. The van der Waals surface area contributed by atoms with Gasteiger partial charge in [-0.2, -0.15) is 0 Å². The molecule has 2 unspecified atom stereocenters. The maximum atomic E-state index is 12.1. The molecule has 20 heavy (non-hydrogen) atoms. The fourth-order valence-corrected chi connectivity index (χ4v) is 5.09. The highest BCUT2D eigenvalue weighted by Gasteiger charge is 2.34. The van der Waals surface area contributed by atoms with Crippen molar-refractivity contribution < 1.29 is 8.42 Å². The van der Waals surface area contributed by atoms with Crippen LogP contribution >= 0.6 is 0 Å². The number of nitrogens with one attached hydrogen (secondary N) is 1. The van der Waals surface area contributed by atoms with Gasteiger partial charge in [-0.25, -0.2) is 8.42 Å². The highest BCUT2D eigenvalue weighted by atomic mass is 32.2. The molecule has 2 atom stereocenters. The van der Waals surface area contributed by atoms with Crippen LogP contribution in [-0.4, -0.2) is 44.7 Å². The molecule has 0 aliphatic carbocycles. The molecule has 1 fully saturated rings. The summed E-state index contributed by atoms with van der Waals surface area (Å²) < 4.78 is 24.3. The van der Waals surface area contributed by atoms with E-state index < -0.39 is 9.84 Å². The zero-order chi connectivity index (χ0) is 14.2. The maximum absolute atomic E-state index is 12.1. The molecule has 1 N–H and O–H groups in total. The molecule has 0 amide bonds. The molecule has 0 spiro atoms. The molecule has 1 saturated heterocycles. The van der Waals surface area contributed by atoms with Gasteiger partial charge in [-0.05, 0) is 44.5 Å². The Labute approximate surface area is 121 Å². The smallest absolute Gasteiger partial charge is 0.180 e. The predicted octanol–water partition coefficient (Wildman–Crippen LogP) is 1.59. The van der Waals surface area contributed by atoms with E-state index in [0.717, 1.165) is 12.1 Å². The molecule has 4 nitrogen and oxygen atoms in total. The molecule has 1 aromatic carbocycles. The number of hydrogen-bond donors (Lipinski definition) is 1. The molecular formula is C15H22N2O2S. The van der Waals surface area contributed by atoms with Gasteiger partial charge in [-0.1, -0.05) is 18.2 Å². The van der Waals surface area contributed by atoms with Crippen molar-refractivity contribution in [1.29, 1.82) is 0 Å². The molecule has 0 saturated carbocycles. The van der Waals surface area contributed by atoms with Crippen molar-refractivity contribution in [3.63, 3.8) is 0 Å². The van der Waals surface area contributed by atoms with E-state index in [0.29, 0.717) is 10.9 Å². The molecule has 110 valence electrons. The van der Waals surface area contributed by atoms with Crippen molar-refractivity contribution in [3.05, 3.63) is 29.8 Å². The Balaban J connectivity index is 1.69. The van der Waals surface area contributed by atoms with E-state index >= 15 is 0 Å². The Hall–Kier alpha value is -0.910. The van der Waals surface area contributed by atoms with Gasteiger partial charge in [0.1, 0.15) is 0 Å². The van der Waals surface area contributed by atoms with E-state index in [4.69, 9.17) is 0 Å². The molecule has 1 aromatic rings. The third kappa shape index (κ3) is 2.75. The zero-order valence-electron chi connectivity index (χ0n) is 11.9. The number of benzene rings is 1. The molecule has 5 heteroatoms. The van der Waals surface area contributed by atoms with Gasteiger partial charge in [-0.15, -0.1) is 0 Å². The van der Waals surface area contributed by atoms with E-state index in [1.165, 1.54) is 25.9 Å². The molecule has 2 heterocycles. The minimum atomic E-state index is -3.10. The first kappa shape index (κ1) is 14.0. The lowest BCUT2D eigenvalue weighted by Crippen LogP contribution is -2.40. The van der Waals surface area contributed by atoms with Gasteiger partial charge in [0.05, 0.1) is 10.6 Å². The van der Waals surface area contributed by atoms with E-state index in [9.17, 15) is 8.42 Å². The first-order valence-electron chi connectivity index (χ1n) is 7.36. The Bertz CT molecular complexity index is 579. The highest BCUT2D eigenvalue weighted by Crippen LogP contribution is 2.33. The van der Waals surface area contributed by atoms with Crippen LogP contribution in [0.1, 0.15) is 31.4 Å². The second kappa shape index (κ2) is 5.47. The van der Waals surface area contributed by atoms with Crippen LogP contribution in [0.3, 0.4) is 0 Å². The number of rotatable bonds is 4. The number of nitrogens with zero attached hydrogens (tertiary/aromatic N) is 1. The summed E-state index contributed by atoms with van der Waals surface area (Å²) in [5.74, 6) is 0.191. The van der Waals surface area contributed by atoms with Crippen LogP contribution in [0.4, 0.5) is 0 Å². The van der Waals surface area contributed by atoms with Crippen LogP contribution < -0.4 is 5.32 Å². The summed E-state index contributed by atoms with van der Waals surface area (Å²) in [5.41, 5.74) is 0.931. The second-order valence-electron chi connectivity index (χ2n) is 5.95. The van der Waals surface area contributed by atoms with Crippen LogP contribution in [0, 0.1) is 0 Å². The standard InChI is InChI=1S/C15H22N2O2S/c1-12(10-17-8-4-5-9-17)16-14-11-20(18,19)15-7-3-2-6-13(14)15/h2-3,6-7,12,14,16H,4-5,8-11H2,1H3. The number of hydrogen-bond acceptors (Lipinski definition) is 4. The Morgan fingerprint density at radius 3 is 2.75 bits per heavy atom. The van der Waals surface area contributed by atoms with Gasteiger partial charge in [0.25, 0.3) is 0 Å². The molecule has 2 aliphatic heterocycles. The fourth-order valence-electron chi connectivity index (χ4n) is 3.34. The van der Waals surface area contributed by atoms with Gasteiger partial charge in [-0.3, -0.25) is 0 Å². The molecule has 3 rings (SSSR count). The van der Waals surface area contributed by atoms with Gasteiger partial charge in [0, 0.05) is 18.6 Å². The summed E-state index contributed by atoms with van der Waals surface area (Å²) in [6, 6.07) is 7.61. The van der Waals surface area contributed by atoms with Crippen molar-refractivity contribution in [2.24, 2.45) is 0 Å². The number of likely N-dealkylation sites (tertiary alicyclic amines) is 1. The summed E-state index contributed by atoms with van der Waals surface area (Å²) in [5, 5.41) is 3.50. The second-order valence-corrected chi connectivity index (χ2v) is 7.95. The summed E-state index contributed by atoms with van der Waals surface area (Å²) in [7, 11) is -3.10. The predicted molar refractivity (Wildman–Crippen MR) is 79.5 cm³/mol. The summed E-state index contributed by atoms with van der Waals surface area (Å²) >= 11 is 0. The van der Waals surface area contributed by atoms with Gasteiger partial charge in [0.15, 0.2) is 9.84 Å². The molecular weight excluding hydrogens is 272 g/mol. The Morgan fingerprint density at radius 2 is 2.00 bits per heavy atom. The van der Waals surface area contributed by atoms with E-state index in [1.54, 1.807) is 12.1 Å². The highest BCUT2D eigenvalue weighted by molar-refractivity contribution is 7.91. The lowest BCUT2D eigenvalue weighted by molar-refractivity contribution is 0.290. The van der Waals surface area contributed by atoms with Crippen LogP contribution in [-0.2, 0) is 9.84 Å². The van der Waals surface area contributed by atoms with Crippen LogP contribution in [0.25, 0.3) is 0 Å². The summed E-state index contributed by atoms with van der Waals surface area (Å²) in [6.07, 6.45) is 2.57. The SMILES string of the molecule is CC(CN1CCCC1)NC1CS(=O)(=O)c2ccccc21. The zero-order valence-corrected chi connectivity index (χ0v) is 12.7. The topological polar surface area (TPSA) is 49.4 Å². The van der Waals surface area contributed by atoms with Crippen molar-refractivity contribution in [2.75, 3.05) is 25.4 Å². The van der Waals surface area contributed by atoms with Crippen molar-refractivity contribution in [2.45, 2.75) is 36.7 Å². The number of sulfone groups is 1. The quantitative estimate of drug-likeness (QED) is 0.916. The van der Waals surface area contributed by atoms with E-state index in [1.807, 2.05) is 12.1 Å². The third-order valence-electron chi connectivity index (χ3n) is 4.23. The first-order valence-corrected chi connectivity index (χ1v) is 9.01. The van der Waals surface area contributed by atoms with E-state index in [2.05, 4.69) is 17.1 Å². The van der Waals surface area contributed by atoms with Gasteiger partial charge >= 0.3 is 0 Å². The largest absolute Gasteiger partial charge is 0.305 e. The average molecular weight is 294 g/mol. The van der Waals surface area contributed by atoms with Gasteiger partial charge < -0.3 is 10.2 Å². The fraction of sp³-hybridized carbons (Fsp3) is 0.600. The van der Waals surface area contributed by atoms with Crippen LogP contribution in [0.15, 0.2) is 29.2 Å². The van der Waals surface area contributed by atoms with Crippen LogP contribution in [0.2, 0.25) is 0 Å². The summed E-state index contributed by atoms with van der Waals surface area (Å²) in [4.78, 5) is 2.96.